The van der Waals surface area contributed by atoms with Crippen LogP contribution in [0.2, 0.25) is 0 Å². The monoisotopic (exact) mass is 295 g/mol. The number of carbonyl (C=O) groups is 1. The Morgan fingerprint density at radius 2 is 2.10 bits per heavy atom. The van der Waals surface area contributed by atoms with Crippen LogP contribution in [0.3, 0.4) is 0 Å². The van der Waals surface area contributed by atoms with Gasteiger partial charge < -0.3 is 10.4 Å². The van der Waals surface area contributed by atoms with Gasteiger partial charge in [-0.15, -0.1) is 12.4 Å². The van der Waals surface area contributed by atoms with Crippen molar-refractivity contribution in [3.8, 4) is 0 Å². The number of hydrogen-bond donors (Lipinski definition) is 2. The number of anilines is 2. The highest BCUT2D eigenvalue weighted by Crippen LogP contribution is 2.26. The van der Waals surface area contributed by atoms with Gasteiger partial charge in [-0.3, -0.25) is 15.1 Å². The van der Waals surface area contributed by atoms with Gasteiger partial charge in [0.15, 0.2) is 0 Å². The fourth-order valence-electron chi connectivity index (χ4n) is 1.52. The lowest BCUT2D eigenvalue weighted by molar-refractivity contribution is -0.384. The average molecular weight is 296 g/mol. The van der Waals surface area contributed by atoms with Gasteiger partial charge in [0.2, 0.25) is 0 Å². The Hall–Kier alpha value is -2.67. The van der Waals surface area contributed by atoms with Crippen LogP contribution in [0.25, 0.3) is 0 Å². The number of hydrogen-bond acceptors (Lipinski definition) is 5. The van der Waals surface area contributed by atoms with Crippen LogP contribution in [0.1, 0.15) is 10.4 Å². The summed E-state index contributed by atoms with van der Waals surface area (Å²) in [5, 5.41) is 22.5. The van der Waals surface area contributed by atoms with E-state index in [0.29, 0.717) is 5.69 Å². The van der Waals surface area contributed by atoms with Crippen LogP contribution in [0.5, 0.6) is 0 Å². The van der Waals surface area contributed by atoms with E-state index in [-0.39, 0.29) is 29.3 Å². The Morgan fingerprint density at radius 1 is 1.35 bits per heavy atom. The molecule has 0 atom stereocenters. The SMILES string of the molecule is Cl.O=C(O)c1cccc(Nc2ccncc2[N+](=O)[O-])c1. The maximum atomic E-state index is 10.8. The standard InChI is InChI=1S/C12H9N3O4.ClH/c16-12(17)8-2-1-3-9(6-8)14-10-4-5-13-7-11(10)15(18)19;/h1-7H,(H,13,14)(H,16,17);1H. The summed E-state index contributed by atoms with van der Waals surface area (Å²) in [6, 6.07) is 7.46. The van der Waals surface area contributed by atoms with E-state index in [1.807, 2.05) is 0 Å². The number of benzene rings is 1. The smallest absolute Gasteiger partial charge is 0.335 e. The molecule has 1 aromatic heterocycles. The number of nitrogens with one attached hydrogen (secondary N) is 1. The fourth-order valence-corrected chi connectivity index (χ4v) is 1.52. The van der Waals surface area contributed by atoms with Crippen molar-refractivity contribution in [1.82, 2.24) is 4.98 Å². The van der Waals surface area contributed by atoms with Crippen molar-refractivity contribution in [2.45, 2.75) is 0 Å². The molecule has 0 saturated carbocycles. The van der Waals surface area contributed by atoms with E-state index in [1.165, 1.54) is 24.4 Å². The molecule has 0 radical (unpaired) electrons. The van der Waals surface area contributed by atoms with E-state index >= 15 is 0 Å². The van der Waals surface area contributed by atoms with Crippen LogP contribution in [0.4, 0.5) is 17.1 Å². The quantitative estimate of drug-likeness (QED) is 0.663. The third-order valence-electron chi connectivity index (χ3n) is 2.39. The molecule has 0 unspecified atom stereocenters. The summed E-state index contributed by atoms with van der Waals surface area (Å²) in [4.78, 5) is 24.8. The third kappa shape index (κ3) is 3.42. The number of nitrogens with zero attached hydrogens (tertiary/aromatic N) is 2. The number of carboxylic acids is 1. The fraction of sp³-hybridized carbons (Fsp3) is 0. The molecule has 0 bridgehead atoms. The Balaban J connectivity index is 0.00000200. The van der Waals surface area contributed by atoms with Crippen LogP contribution in [-0.4, -0.2) is 21.0 Å². The highest BCUT2D eigenvalue weighted by atomic mass is 35.5. The molecule has 1 heterocycles. The predicted octanol–water partition coefficient (Wildman–Crippen LogP) is 2.85. The average Bonchev–Trinajstić information content (AvgIpc) is 2.39. The first-order valence-electron chi connectivity index (χ1n) is 5.26. The maximum Gasteiger partial charge on any atom is 0.335 e. The van der Waals surface area contributed by atoms with Gasteiger partial charge >= 0.3 is 11.7 Å². The van der Waals surface area contributed by atoms with Crippen molar-refractivity contribution in [1.29, 1.82) is 0 Å². The van der Waals surface area contributed by atoms with Crippen LogP contribution in [-0.2, 0) is 0 Å². The number of rotatable bonds is 4. The minimum Gasteiger partial charge on any atom is -0.478 e. The van der Waals surface area contributed by atoms with Gasteiger partial charge in [-0.25, -0.2) is 4.79 Å². The van der Waals surface area contributed by atoms with E-state index in [9.17, 15) is 14.9 Å². The zero-order chi connectivity index (χ0) is 13.8. The van der Waals surface area contributed by atoms with Gasteiger partial charge in [0.25, 0.3) is 0 Å². The predicted molar refractivity (Wildman–Crippen MR) is 74.8 cm³/mol. The van der Waals surface area contributed by atoms with E-state index in [4.69, 9.17) is 5.11 Å². The lowest BCUT2D eigenvalue weighted by Crippen LogP contribution is -2.00. The van der Waals surface area contributed by atoms with E-state index in [1.54, 1.807) is 12.1 Å². The van der Waals surface area contributed by atoms with Gasteiger partial charge in [-0.1, -0.05) is 6.07 Å². The molecule has 0 spiro atoms. The van der Waals surface area contributed by atoms with E-state index < -0.39 is 10.9 Å². The first-order chi connectivity index (χ1) is 9.08. The summed E-state index contributed by atoms with van der Waals surface area (Å²) in [7, 11) is 0. The van der Waals surface area contributed by atoms with E-state index in [0.717, 1.165) is 6.20 Å². The number of halogens is 1. The molecule has 0 aliphatic heterocycles. The van der Waals surface area contributed by atoms with Crippen molar-refractivity contribution >= 4 is 35.4 Å². The topological polar surface area (TPSA) is 105 Å². The molecular formula is C12H10ClN3O4. The van der Waals surface area contributed by atoms with Gasteiger partial charge in [0, 0.05) is 11.9 Å². The van der Waals surface area contributed by atoms with Crippen molar-refractivity contribution < 1.29 is 14.8 Å². The summed E-state index contributed by atoms with van der Waals surface area (Å²) in [5.74, 6) is -1.06. The molecule has 8 heteroatoms. The van der Waals surface area contributed by atoms with Crippen molar-refractivity contribution in [3.05, 3.63) is 58.4 Å². The number of aromatic nitrogens is 1. The molecule has 0 aliphatic carbocycles. The minimum atomic E-state index is -1.06. The van der Waals surface area contributed by atoms with Crippen LogP contribution < -0.4 is 5.32 Å². The lowest BCUT2D eigenvalue weighted by Gasteiger charge is -2.07. The second kappa shape index (κ2) is 6.48. The number of carboxylic acid groups (broad SMARTS) is 1. The first kappa shape index (κ1) is 15.4. The largest absolute Gasteiger partial charge is 0.478 e. The van der Waals surface area contributed by atoms with Crippen LogP contribution >= 0.6 is 12.4 Å². The minimum absolute atomic E-state index is 0. The summed E-state index contributed by atoms with van der Waals surface area (Å²) >= 11 is 0. The van der Waals surface area contributed by atoms with Crippen molar-refractivity contribution in [2.75, 3.05) is 5.32 Å². The Morgan fingerprint density at radius 3 is 2.75 bits per heavy atom. The molecule has 0 amide bonds. The molecule has 0 saturated heterocycles. The van der Waals surface area contributed by atoms with Crippen LogP contribution in [0.15, 0.2) is 42.7 Å². The lowest BCUT2D eigenvalue weighted by atomic mass is 10.2. The third-order valence-corrected chi connectivity index (χ3v) is 2.39. The Kier molecular flexibility index (Phi) is 4.99. The van der Waals surface area contributed by atoms with Crippen molar-refractivity contribution in [2.24, 2.45) is 0 Å². The molecule has 2 aromatic rings. The molecule has 104 valence electrons. The van der Waals surface area contributed by atoms with Gasteiger partial charge in [0.1, 0.15) is 11.9 Å². The first-order valence-corrected chi connectivity index (χ1v) is 5.26. The van der Waals surface area contributed by atoms with E-state index in [2.05, 4.69) is 10.3 Å². The van der Waals surface area contributed by atoms with Crippen LogP contribution in [0, 0.1) is 10.1 Å². The molecular weight excluding hydrogens is 286 g/mol. The molecule has 2 N–H and O–H groups in total. The number of aromatic carboxylic acids is 1. The number of pyridine rings is 1. The molecule has 0 aliphatic rings. The highest BCUT2D eigenvalue weighted by molar-refractivity contribution is 5.89. The van der Waals surface area contributed by atoms with Crippen molar-refractivity contribution in [3.63, 3.8) is 0 Å². The normalized spacial score (nSPS) is 9.40. The maximum absolute atomic E-state index is 10.8. The molecule has 7 nitrogen and oxygen atoms in total. The van der Waals surface area contributed by atoms with Gasteiger partial charge in [-0.2, -0.15) is 0 Å². The highest BCUT2D eigenvalue weighted by Gasteiger charge is 2.13. The van der Waals surface area contributed by atoms with Gasteiger partial charge in [0.05, 0.1) is 10.5 Å². The Bertz CT molecular complexity index is 648. The Labute approximate surface area is 119 Å². The molecule has 0 fully saturated rings. The summed E-state index contributed by atoms with van der Waals surface area (Å²) in [6.45, 7) is 0. The molecule has 2 rings (SSSR count). The summed E-state index contributed by atoms with van der Waals surface area (Å²) in [5.41, 5.74) is 0.627. The second-order valence-electron chi connectivity index (χ2n) is 3.66. The summed E-state index contributed by atoms with van der Waals surface area (Å²) in [6.07, 6.45) is 2.54. The zero-order valence-corrected chi connectivity index (χ0v) is 10.8. The molecule has 20 heavy (non-hydrogen) atoms. The number of nitro groups is 1. The second-order valence-corrected chi connectivity index (χ2v) is 3.66. The van der Waals surface area contributed by atoms with Gasteiger partial charge in [-0.05, 0) is 24.3 Å². The molecule has 1 aromatic carbocycles. The summed E-state index contributed by atoms with van der Waals surface area (Å²) < 4.78 is 0. The zero-order valence-electron chi connectivity index (χ0n) is 10.0.